The first-order valence-corrected chi connectivity index (χ1v) is 7.25. The van der Waals surface area contributed by atoms with E-state index in [9.17, 15) is 14.4 Å². The molecule has 0 spiro atoms. The van der Waals surface area contributed by atoms with Gasteiger partial charge in [0.05, 0.1) is 24.0 Å². The van der Waals surface area contributed by atoms with E-state index in [1.807, 2.05) is 18.2 Å². The van der Waals surface area contributed by atoms with Crippen molar-refractivity contribution in [1.82, 2.24) is 5.06 Å². The molecular formula is C16H13NO6. The van der Waals surface area contributed by atoms with Gasteiger partial charge in [0.15, 0.2) is 0 Å². The second-order valence-corrected chi connectivity index (χ2v) is 5.59. The highest BCUT2D eigenvalue weighted by molar-refractivity contribution is 6.06. The van der Waals surface area contributed by atoms with Gasteiger partial charge in [0.1, 0.15) is 6.61 Å². The molecule has 23 heavy (non-hydrogen) atoms. The lowest BCUT2D eigenvalue weighted by atomic mass is 9.85. The summed E-state index contributed by atoms with van der Waals surface area (Å²) >= 11 is 0. The molecule has 3 aliphatic heterocycles. The van der Waals surface area contributed by atoms with Crippen molar-refractivity contribution < 1.29 is 28.7 Å². The number of hydrogen-bond donors (Lipinski definition) is 0. The second kappa shape index (κ2) is 5.20. The fraction of sp³-hybridized carbons (Fsp3) is 0.312. The van der Waals surface area contributed by atoms with Gasteiger partial charge in [0.2, 0.25) is 0 Å². The Bertz CT molecular complexity index is 670. The first-order valence-electron chi connectivity index (χ1n) is 7.25. The number of benzene rings is 1. The number of hydrogen-bond acceptors (Lipinski definition) is 6. The topological polar surface area (TPSA) is 82.1 Å². The molecule has 0 unspecified atom stereocenters. The molecule has 0 aromatic heterocycles. The molecule has 1 aromatic carbocycles. The predicted octanol–water partition coefficient (Wildman–Crippen LogP) is 1.19. The van der Waals surface area contributed by atoms with Gasteiger partial charge < -0.3 is 9.47 Å². The van der Waals surface area contributed by atoms with Crippen LogP contribution in [-0.2, 0) is 30.5 Å². The summed E-state index contributed by atoms with van der Waals surface area (Å²) in [4.78, 5) is 41.0. The molecule has 7 nitrogen and oxygen atoms in total. The molecule has 3 heterocycles. The second-order valence-electron chi connectivity index (χ2n) is 5.59. The van der Waals surface area contributed by atoms with Crippen molar-refractivity contribution in [2.45, 2.75) is 18.8 Å². The molecular weight excluding hydrogens is 302 g/mol. The van der Waals surface area contributed by atoms with E-state index in [-0.39, 0.29) is 6.61 Å². The lowest BCUT2D eigenvalue weighted by molar-refractivity contribution is -0.181. The molecule has 7 heteroatoms. The van der Waals surface area contributed by atoms with Crippen molar-refractivity contribution >= 4 is 18.0 Å². The average Bonchev–Trinajstić information content (AvgIpc) is 3.24. The molecule has 0 aliphatic carbocycles. The maximum atomic E-state index is 12.3. The van der Waals surface area contributed by atoms with Crippen LogP contribution in [0.15, 0.2) is 42.5 Å². The van der Waals surface area contributed by atoms with Crippen LogP contribution in [0.4, 0.5) is 4.79 Å². The van der Waals surface area contributed by atoms with Gasteiger partial charge in [-0.25, -0.2) is 4.79 Å². The van der Waals surface area contributed by atoms with E-state index in [0.717, 1.165) is 5.56 Å². The van der Waals surface area contributed by atoms with Crippen LogP contribution in [0.2, 0.25) is 0 Å². The summed E-state index contributed by atoms with van der Waals surface area (Å²) in [6, 6.07) is 9.02. The quantitative estimate of drug-likeness (QED) is 0.473. The number of amides is 2. The van der Waals surface area contributed by atoms with E-state index in [2.05, 4.69) is 0 Å². The average molecular weight is 315 g/mol. The Morgan fingerprint density at radius 3 is 2.26 bits per heavy atom. The number of carbonyl (C=O) groups is 3. The monoisotopic (exact) mass is 315 g/mol. The van der Waals surface area contributed by atoms with Gasteiger partial charge >= 0.3 is 6.16 Å². The van der Waals surface area contributed by atoms with E-state index in [1.54, 1.807) is 24.3 Å². The fourth-order valence-corrected chi connectivity index (χ4v) is 3.18. The normalized spacial score (nSPS) is 30.7. The zero-order chi connectivity index (χ0) is 16.0. The number of ether oxygens (including phenoxy) is 2. The summed E-state index contributed by atoms with van der Waals surface area (Å²) in [5.41, 5.74) is 0.774. The largest absolute Gasteiger partial charge is 0.534 e. The molecule has 2 amide bonds. The fourth-order valence-electron chi connectivity index (χ4n) is 3.18. The highest BCUT2D eigenvalue weighted by Gasteiger charge is 2.62. The van der Waals surface area contributed by atoms with Crippen molar-refractivity contribution in [3.05, 3.63) is 48.0 Å². The summed E-state index contributed by atoms with van der Waals surface area (Å²) < 4.78 is 10.4. The van der Waals surface area contributed by atoms with Crippen molar-refractivity contribution in [3.63, 3.8) is 0 Å². The summed E-state index contributed by atoms with van der Waals surface area (Å²) in [6.07, 6.45) is 1.59. The minimum Gasteiger partial charge on any atom is -0.428 e. The maximum Gasteiger partial charge on any atom is 0.534 e. The van der Waals surface area contributed by atoms with Crippen molar-refractivity contribution in [3.8, 4) is 0 Å². The molecule has 118 valence electrons. The van der Waals surface area contributed by atoms with E-state index in [0.29, 0.717) is 5.06 Å². The third-order valence-corrected chi connectivity index (χ3v) is 4.24. The van der Waals surface area contributed by atoms with Crippen LogP contribution in [0, 0.1) is 11.8 Å². The molecule has 0 N–H and O–H groups in total. The molecule has 4 rings (SSSR count). The summed E-state index contributed by atoms with van der Waals surface area (Å²) in [5, 5.41) is 0.512. The van der Waals surface area contributed by atoms with Crippen LogP contribution in [0.1, 0.15) is 5.56 Å². The predicted molar refractivity (Wildman–Crippen MR) is 74.3 cm³/mol. The van der Waals surface area contributed by atoms with Gasteiger partial charge in [-0.1, -0.05) is 47.5 Å². The first kappa shape index (κ1) is 14.0. The number of hydroxylamine groups is 2. The number of imide groups is 1. The molecule has 2 fully saturated rings. The lowest BCUT2D eigenvalue weighted by Crippen LogP contribution is -2.36. The molecule has 2 bridgehead atoms. The van der Waals surface area contributed by atoms with Gasteiger partial charge in [-0.2, -0.15) is 0 Å². The highest BCUT2D eigenvalue weighted by Crippen LogP contribution is 2.45. The highest BCUT2D eigenvalue weighted by atomic mass is 16.8. The molecule has 2 saturated heterocycles. The molecule has 0 radical (unpaired) electrons. The molecule has 4 atom stereocenters. The summed E-state index contributed by atoms with van der Waals surface area (Å²) in [7, 11) is 0. The Kier molecular flexibility index (Phi) is 3.16. The Balaban J connectivity index is 1.39. The summed E-state index contributed by atoms with van der Waals surface area (Å²) in [5.74, 6) is -2.35. The van der Waals surface area contributed by atoms with Crippen molar-refractivity contribution in [1.29, 1.82) is 0 Å². The van der Waals surface area contributed by atoms with Crippen LogP contribution >= 0.6 is 0 Å². The van der Waals surface area contributed by atoms with E-state index >= 15 is 0 Å². The van der Waals surface area contributed by atoms with Gasteiger partial charge in [-0.05, 0) is 5.56 Å². The minimum absolute atomic E-state index is 0.00132. The van der Waals surface area contributed by atoms with Crippen LogP contribution < -0.4 is 0 Å². The van der Waals surface area contributed by atoms with Crippen molar-refractivity contribution in [2.24, 2.45) is 11.8 Å². The van der Waals surface area contributed by atoms with E-state index < -0.39 is 42.0 Å². The third-order valence-electron chi connectivity index (χ3n) is 4.24. The number of nitrogens with zero attached hydrogens (tertiary/aromatic N) is 1. The van der Waals surface area contributed by atoms with Gasteiger partial charge in [0, 0.05) is 0 Å². The zero-order valence-electron chi connectivity index (χ0n) is 12.0. The lowest BCUT2D eigenvalue weighted by Gasteiger charge is -2.15. The minimum atomic E-state index is -1.09. The molecule has 0 saturated carbocycles. The standard InChI is InChI=1S/C16H13NO6/c18-14-12-10-6-7-11(22-10)13(12)15(19)17(14)23-16(20)21-8-9-4-2-1-3-5-9/h1-7,10-13H,8H2/t10-,11-,12-,13+/m1/s1. The van der Waals surface area contributed by atoms with Crippen LogP contribution in [-0.4, -0.2) is 35.2 Å². The Morgan fingerprint density at radius 2 is 1.65 bits per heavy atom. The molecule has 1 aromatic rings. The third kappa shape index (κ3) is 2.20. The Hall–Kier alpha value is -2.67. The zero-order valence-corrected chi connectivity index (χ0v) is 12.0. The Labute approximate surface area is 131 Å². The number of rotatable bonds is 3. The molecule has 3 aliphatic rings. The van der Waals surface area contributed by atoms with E-state index in [1.165, 1.54) is 0 Å². The smallest absolute Gasteiger partial charge is 0.428 e. The first-order chi connectivity index (χ1) is 11.1. The maximum absolute atomic E-state index is 12.3. The van der Waals surface area contributed by atoms with Gasteiger partial charge in [-0.3, -0.25) is 14.4 Å². The summed E-state index contributed by atoms with van der Waals surface area (Å²) in [6.45, 7) is -0.00132. The SMILES string of the molecule is O=C(OCc1ccccc1)ON1C(=O)[C@@H]2[C@H](C1=O)[C@H]1C=C[C@H]2O1. The van der Waals surface area contributed by atoms with Gasteiger partial charge in [-0.15, -0.1) is 0 Å². The van der Waals surface area contributed by atoms with E-state index in [4.69, 9.17) is 14.3 Å². The van der Waals surface area contributed by atoms with Crippen LogP contribution in [0.3, 0.4) is 0 Å². The van der Waals surface area contributed by atoms with Gasteiger partial charge in [0.25, 0.3) is 11.8 Å². The number of fused-ring (bicyclic) bond motifs is 5. The Morgan fingerprint density at radius 1 is 1.04 bits per heavy atom. The van der Waals surface area contributed by atoms with Crippen molar-refractivity contribution in [2.75, 3.05) is 0 Å². The van der Waals surface area contributed by atoms with Crippen LogP contribution in [0.5, 0.6) is 0 Å². The van der Waals surface area contributed by atoms with Crippen LogP contribution in [0.25, 0.3) is 0 Å². The number of carbonyl (C=O) groups excluding carboxylic acids is 3.